The van der Waals surface area contributed by atoms with Crippen molar-refractivity contribution >= 4 is 11.8 Å². The van der Waals surface area contributed by atoms with Gasteiger partial charge in [0.05, 0.1) is 23.3 Å². The summed E-state index contributed by atoms with van der Waals surface area (Å²) in [7, 11) is 0. The summed E-state index contributed by atoms with van der Waals surface area (Å²) in [5, 5.41) is 18.6. The van der Waals surface area contributed by atoms with Crippen LogP contribution in [0.3, 0.4) is 0 Å². The fourth-order valence-electron chi connectivity index (χ4n) is 2.94. The molecule has 0 radical (unpaired) electrons. The molecule has 3 N–H and O–H groups in total. The average molecular weight is 284 g/mol. The first-order valence-electron chi connectivity index (χ1n) is 6.42. The monoisotopic (exact) mass is 284 g/mol. The molecule has 2 heterocycles. The third-order valence-corrected chi connectivity index (χ3v) is 5.40. The first-order valence-corrected chi connectivity index (χ1v) is 7.37. The van der Waals surface area contributed by atoms with Crippen molar-refractivity contribution in [2.24, 2.45) is 0 Å². The molecule has 1 fully saturated rings. The molecular weight excluding hydrogens is 268 g/mol. The predicted molar refractivity (Wildman–Crippen MR) is 71.5 cm³/mol. The van der Waals surface area contributed by atoms with Gasteiger partial charge in [0.2, 0.25) is 0 Å². The lowest BCUT2D eigenvalue weighted by Crippen LogP contribution is -2.35. The van der Waals surface area contributed by atoms with Crippen molar-refractivity contribution in [1.29, 1.82) is 0 Å². The Morgan fingerprint density at radius 1 is 1.37 bits per heavy atom. The van der Waals surface area contributed by atoms with E-state index in [1.165, 1.54) is 11.8 Å². The highest BCUT2D eigenvalue weighted by molar-refractivity contribution is 8.00. The van der Waals surface area contributed by atoms with Crippen LogP contribution in [0.15, 0.2) is 9.59 Å². The molecule has 0 spiro atoms. The Hall–Kier alpha value is -1.05. The van der Waals surface area contributed by atoms with Crippen LogP contribution >= 0.6 is 11.8 Å². The zero-order chi connectivity index (χ0) is 13.6. The minimum Gasteiger partial charge on any atom is -0.395 e. The van der Waals surface area contributed by atoms with Crippen molar-refractivity contribution in [2.45, 2.75) is 42.4 Å². The second-order valence-electron chi connectivity index (χ2n) is 5.02. The molecule has 19 heavy (non-hydrogen) atoms. The van der Waals surface area contributed by atoms with Gasteiger partial charge in [-0.05, 0) is 19.3 Å². The number of aromatic amines is 1. The number of rotatable bonds is 2. The van der Waals surface area contributed by atoms with Gasteiger partial charge < -0.3 is 10.2 Å². The Balaban J connectivity index is 2.05. The molecule has 104 valence electrons. The van der Waals surface area contributed by atoms with Gasteiger partial charge in [0.1, 0.15) is 0 Å². The maximum absolute atomic E-state index is 12.0. The molecule has 2 aliphatic rings. The van der Waals surface area contributed by atoms with E-state index in [9.17, 15) is 19.8 Å². The van der Waals surface area contributed by atoms with E-state index in [0.717, 1.165) is 18.5 Å². The van der Waals surface area contributed by atoms with Crippen LogP contribution in [-0.4, -0.2) is 37.7 Å². The Labute approximate surface area is 113 Å². The molecule has 0 amide bonds. The number of fused-ring (bicyclic) bond motifs is 1. The van der Waals surface area contributed by atoms with Crippen LogP contribution in [0.2, 0.25) is 0 Å². The van der Waals surface area contributed by atoms with Gasteiger partial charge in [-0.2, -0.15) is 0 Å². The van der Waals surface area contributed by atoms with Crippen LogP contribution in [0.25, 0.3) is 0 Å². The molecule has 1 aliphatic heterocycles. The van der Waals surface area contributed by atoms with Crippen LogP contribution in [0.1, 0.15) is 29.5 Å². The number of thioether (sulfide) groups is 1. The summed E-state index contributed by atoms with van der Waals surface area (Å²) < 4.78 is 1.60. The van der Waals surface area contributed by atoms with Crippen molar-refractivity contribution in [3.05, 3.63) is 32.1 Å². The van der Waals surface area contributed by atoms with Crippen molar-refractivity contribution in [3.63, 3.8) is 0 Å². The van der Waals surface area contributed by atoms with Crippen molar-refractivity contribution in [2.75, 3.05) is 6.61 Å². The highest BCUT2D eigenvalue weighted by Gasteiger charge is 2.36. The van der Waals surface area contributed by atoms with E-state index in [1.807, 2.05) is 0 Å². The molecular formula is C12H16N2O4S. The summed E-state index contributed by atoms with van der Waals surface area (Å²) in [5.74, 6) is 0. The van der Waals surface area contributed by atoms with Gasteiger partial charge in [-0.1, -0.05) is 0 Å². The fraction of sp³-hybridized carbons (Fsp3) is 0.667. The van der Waals surface area contributed by atoms with E-state index in [2.05, 4.69) is 4.98 Å². The van der Waals surface area contributed by atoms with Crippen LogP contribution in [-0.2, 0) is 12.8 Å². The molecule has 0 aromatic carbocycles. The summed E-state index contributed by atoms with van der Waals surface area (Å²) in [5.41, 5.74) is 0.809. The number of aliphatic hydroxyl groups excluding tert-OH is 2. The topological polar surface area (TPSA) is 95.3 Å². The highest BCUT2D eigenvalue weighted by Crippen LogP contribution is 2.41. The third kappa shape index (κ3) is 2.05. The second-order valence-corrected chi connectivity index (χ2v) is 6.44. The van der Waals surface area contributed by atoms with Crippen LogP contribution < -0.4 is 11.2 Å². The number of H-pyrrole nitrogens is 1. The second kappa shape index (κ2) is 4.81. The summed E-state index contributed by atoms with van der Waals surface area (Å²) in [4.78, 5) is 26.1. The SMILES string of the molecule is O=c1[nH]c(=O)n([C@H]2C[C@H](O)[C@@H](CO)S2)c2c1CCC2. The molecule has 3 rings (SSSR count). The van der Waals surface area contributed by atoms with Crippen LogP contribution in [0.5, 0.6) is 0 Å². The highest BCUT2D eigenvalue weighted by atomic mass is 32.2. The molecule has 1 aromatic rings. The number of aromatic nitrogens is 2. The van der Waals surface area contributed by atoms with Crippen LogP contribution in [0.4, 0.5) is 0 Å². The van der Waals surface area contributed by atoms with Crippen molar-refractivity contribution in [1.82, 2.24) is 9.55 Å². The number of aliphatic hydroxyl groups is 2. The van der Waals surface area contributed by atoms with Gasteiger partial charge in [-0.3, -0.25) is 14.3 Å². The Morgan fingerprint density at radius 3 is 2.84 bits per heavy atom. The summed E-state index contributed by atoms with van der Waals surface area (Å²) in [6, 6.07) is 0. The average Bonchev–Trinajstić information content (AvgIpc) is 2.96. The Kier molecular flexibility index (Phi) is 3.28. The van der Waals surface area contributed by atoms with Crippen molar-refractivity contribution in [3.8, 4) is 0 Å². The van der Waals surface area contributed by atoms with Gasteiger partial charge in [-0.15, -0.1) is 11.8 Å². The van der Waals surface area contributed by atoms with Gasteiger partial charge in [0, 0.05) is 17.7 Å². The van der Waals surface area contributed by atoms with Gasteiger partial charge in [0.15, 0.2) is 0 Å². The van der Waals surface area contributed by atoms with Gasteiger partial charge in [-0.25, -0.2) is 4.79 Å². The van der Waals surface area contributed by atoms with E-state index < -0.39 is 11.8 Å². The first-order chi connectivity index (χ1) is 9.11. The lowest BCUT2D eigenvalue weighted by Gasteiger charge is -2.17. The molecule has 1 saturated heterocycles. The quantitative estimate of drug-likeness (QED) is 0.673. The van der Waals surface area contributed by atoms with Gasteiger partial charge in [0.25, 0.3) is 5.56 Å². The zero-order valence-electron chi connectivity index (χ0n) is 10.3. The predicted octanol–water partition coefficient (Wildman–Crippen LogP) is -0.617. The largest absolute Gasteiger partial charge is 0.395 e. The van der Waals surface area contributed by atoms with E-state index in [4.69, 9.17) is 0 Å². The van der Waals surface area contributed by atoms with E-state index in [0.29, 0.717) is 18.4 Å². The van der Waals surface area contributed by atoms with E-state index in [-0.39, 0.29) is 22.8 Å². The van der Waals surface area contributed by atoms with E-state index in [1.54, 1.807) is 4.57 Å². The molecule has 0 saturated carbocycles. The molecule has 0 unspecified atom stereocenters. The molecule has 3 atom stereocenters. The minimum absolute atomic E-state index is 0.109. The summed E-state index contributed by atoms with van der Waals surface area (Å²) >= 11 is 1.40. The molecule has 1 aromatic heterocycles. The lowest BCUT2D eigenvalue weighted by atomic mass is 10.2. The molecule has 7 heteroatoms. The normalized spacial score (nSPS) is 29.7. The number of nitrogens with zero attached hydrogens (tertiary/aromatic N) is 1. The van der Waals surface area contributed by atoms with Gasteiger partial charge >= 0.3 is 5.69 Å². The standard InChI is InChI=1S/C12H16N2O4S/c15-5-9-8(16)4-10(19-9)14-7-3-1-2-6(7)11(17)13-12(14)18/h8-10,15-16H,1-5H2,(H,13,17,18)/t8-,9+,10+/m0/s1. The Morgan fingerprint density at radius 2 is 2.16 bits per heavy atom. The number of hydrogen-bond acceptors (Lipinski definition) is 5. The maximum atomic E-state index is 12.0. The van der Waals surface area contributed by atoms with Crippen molar-refractivity contribution < 1.29 is 10.2 Å². The van der Waals surface area contributed by atoms with E-state index >= 15 is 0 Å². The molecule has 6 nitrogen and oxygen atoms in total. The smallest absolute Gasteiger partial charge is 0.329 e. The molecule has 0 bridgehead atoms. The first kappa shape index (κ1) is 13.0. The maximum Gasteiger partial charge on any atom is 0.329 e. The van der Waals surface area contributed by atoms with Crippen LogP contribution in [0, 0.1) is 0 Å². The minimum atomic E-state index is -0.615. The summed E-state index contributed by atoms with van der Waals surface area (Å²) in [6.07, 6.45) is 2.12. The number of hydrogen-bond donors (Lipinski definition) is 3. The molecule has 1 aliphatic carbocycles. The number of nitrogens with one attached hydrogen (secondary N) is 1. The zero-order valence-corrected chi connectivity index (χ0v) is 11.2. The Bertz CT molecular complexity index is 609. The lowest BCUT2D eigenvalue weighted by molar-refractivity contribution is 0.137. The third-order valence-electron chi connectivity index (χ3n) is 3.86. The summed E-state index contributed by atoms with van der Waals surface area (Å²) in [6.45, 7) is -0.109. The fourth-order valence-corrected chi connectivity index (χ4v) is 4.37.